The van der Waals surface area contributed by atoms with E-state index < -0.39 is 23.5 Å². The van der Waals surface area contributed by atoms with Gasteiger partial charge in [0.1, 0.15) is 17.3 Å². The highest BCUT2D eigenvalue weighted by molar-refractivity contribution is 5.93. The lowest BCUT2D eigenvalue weighted by atomic mass is 9.97. The number of anilines is 1. The minimum absolute atomic E-state index is 0.0140. The third-order valence-corrected chi connectivity index (χ3v) is 3.28. The molecule has 0 bridgehead atoms. The summed E-state index contributed by atoms with van der Waals surface area (Å²) in [6, 6.07) is 6.15. The van der Waals surface area contributed by atoms with E-state index in [-0.39, 0.29) is 23.6 Å². The van der Waals surface area contributed by atoms with Gasteiger partial charge in [-0.3, -0.25) is 9.59 Å². The van der Waals surface area contributed by atoms with Gasteiger partial charge in [0.05, 0.1) is 11.9 Å². The monoisotopic (exact) mass is 319 g/mol. The van der Waals surface area contributed by atoms with Crippen LogP contribution in [-0.4, -0.2) is 16.8 Å². The van der Waals surface area contributed by atoms with Crippen molar-refractivity contribution in [3.8, 4) is 0 Å². The minimum atomic E-state index is -0.683. The predicted molar refractivity (Wildman–Crippen MR) is 80.8 cm³/mol. The van der Waals surface area contributed by atoms with Gasteiger partial charge >= 0.3 is 0 Å². The van der Waals surface area contributed by atoms with Crippen molar-refractivity contribution in [2.24, 2.45) is 5.73 Å². The quantitative estimate of drug-likeness (QED) is 0.888. The number of rotatable bonds is 5. The first-order valence-electron chi connectivity index (χ1n) is 6.87. The van der Waals surface area contributed by atoms with Gasteiger partial charge in [0.25, 0.3) is 5.91 Å². The number of halogens is 2. The maximum atomic E-state index is 13.7. The Morgan fingerprint density at radius 3 is 2.57 bits per heavy atom. The van der Waals surface area contributed by atoms with Crippen molar-refractivity contribution in [2.75, 3.05) is 5.32 Å². The Morgan fingerprint density at radius 2 is 2.00 bits per heavy atom. The largest absolute Gasteiger partial charge is 0.364 e. The molecule has 0 aliphatic rings. The molecule has 2 rings (SSSR count). The number of hydrogen-bond acceptors (Lipinski definition) is 3. The molecule has 2 aromatic rings. The van der Waals surface area contributed by atoms with Crippen molar-refractivity contribution in [3.05, 3.63) is 59.4 Å². The molecule has 120 valence electrons. The fraction of sp³-hybridized carbons (Fsp3) is 0.188. The van der Waals surface area contributed by atoms with Gasteiger partial charge in [0.15, 0.2) is 0 Å². The van der Waals surface area contributed by atoms with Crippen LogP contribution in [0, 0.1) is 11.6 Å². The highest BCUT2D eigenvalue weighted by Crippen LogP contribution is 2.23. The van der Waals surface area contributed by atoms with Crippen LogP contribution in [-0.2, 0) is 4.79 Å². The summed E-state index contributed by atoms with van der Waals surface area (Å²) in [6.45, 7) is 1.67. The van der Waals surface area contributed by atoms with Crippen LogP contribution in [0.5, 0.6) is 0 Å². The van der Waals surface area contributed by atoms with Crippen LogP contribution in [0.1, 0.15) is 35.3 Å². The Kier molecular flexibility index (Phi) is 5.00. The first-order chi connectivity index (χ1) is 10.9. The maximum Gasteiger partial charge on any atom is 0.267 e. The molecular formula is C16H15F2N3O2. The van der Waals surface area contributed by atoms with E-state index in [1.807, 2.05) is 0 Å². The third-order valence-electron chi connectivity index (χ3n) is 3.28. The van der Waals surface area contributed by atoms with Crippen molar-refractivity contribution in [2.45, 2.75) is 19.3 Å². The second kappa shape index (κ2) is 6.95. The van der Waals surface area contributed by atoms with Crippen molar-refractivity contribution >= 4 is 17.5 Å². The number of primary amides is 1. The number of nitrogens with two attached hydrogens (primary N) is 1. The zero-order valence-electron chi connectivity index (χ0n) is 12.3. The van der Waals surface area contributed by atoms with Gasteiger partial charge in [-0.2, -0.15) is 0 Å². The van der Waals surface area contributed by atoms with Crippen LogP contribution in [0.2, 0.25) is 0 Å². The van der Waals surface area contributed by atoms with Gasteiger partial charge in [-0.05, 0) is 29.7 Å². The van der Waals surface area contributed by atoms with Gasteiger partial charge < -0.3 is 11.1 Å². The summed E-state index contributed by atoms with van der Waals surface area (Å²) < 4.78 is 26.6. The zero-order chi connectivity index (χ0) is 17.0. The molecule has 0 fully saturated rings. The summed E-state index contributed by atoms with van der Waals surface area (Å²) in [5.74, 6) is -2.78. The van der Waals surface area contributed by atoms with E-state index in [1.54, 1.807) is 6.92 Å². The molecular weight excluding hydrogens is 304 g/mol. The maximum absolute atomic E-state index is 13.7. The van der Waals surface area contributed by atoms with Crippen molar-refractivity contribution in [1.29, 1.82) is 0 Å². The number of amides is 2. The standard InChI is InChI=1S/C16H15F2N3O2/c1-9(12-4-2-10(17)7-13(12)18)6-15(22)21-11-3-5-14(16(19)23)20-8-11/h2-5,7-9H,6H2,1H3,(H2,19,23)(H,21,22)/t9-/m0/s1. The third kappa shape index (κ3) is 4.32. The van der Waals surface area contributed by atoms with E-state index in [2.05, 4.69) is 10.3 Å². The number of aromatic nitrogens is 1. The second-order valence-corrected chi connectivity index (χ2v) is 5.12. The van der Waals surface area contributed by atoms with Crippen molar-refractivity contribution in [1.82, 2.24) is 4.98 Å². The SMILES string of the molecule is C[C@@H](CC(=O)Nc1ccc(C(N)=O)nc1)c1ccc(F)cc1F. The molecule has 0 saturated carbocycles. The van der Waals surface area contributed by atoms with Gasteiger partial charge in [-0.15, -0.1) is 0 Å². The molecule has 0 saturated heterocycles. The molecule has 7 heteroatoms. The molecule has 1 heterocycles. The number of carbonyl (C=O) groups excluding carboxylic acids is 2. The van der Waals surface area contributed by atoms with E-state index in [9.17, 15) is 18.4 Å². The molecule has 0 spiro atoms. The van der Waals surface area contributed by atoms with E-state index >= 15 is 0 Å². The average molecular weight is 319 g/mol. The summed E-state index contributed by atoms with van der Waals surface area (Å²) in [5, 5.41) is 2.59. The number of benzene rings is 1. The minimum Gasteiger partial charge on any atom is -0.364 e. The lowest BCUT2D eigenvalue weighted by Crippen LogP contribution is -2.16. The van der Waals surface area contributed by atoms with Gasteiger partial charge in [-0.25, -0.2) is 13.8 Å². The molecule has 5 nitrogen and oxygen atoms in total. The predicted octanol–water partition coefficient (Wildman–Crippen LogP) is 2.59. The van der Waals surface area contributed by atoms with Gasteiger partial charge in [0.2, 0.25) is 5.91 Å². The van der Waals surface area contributed by atoms with Crippen LogP contribution in [0.15, 0.2) is 36.5 Å². The molecule has 23 heavy (non-hydrogen) atoms. The molecule has 0 aliphatic heterocycles. The van der Waals surface area contributed by atoms with Crippen LogP contribution < -0.4 is 11.1 Å². The lowest BCUT2D eigenvalue weighted by Gasteiger charge is -2.13. The fourth-order valence-corrected chi connectivity index (χ4v) is 2.11. The molecule has 1 atom stereocenters. The number of hydrogen-bond donors (Lipinski definition) is 2. The average Bonchev–Trinajstić information content (AvgIpc) is 2.47. The Balaban J connectivity index is 1.99. The molecule has 0 radical (unpaired) electrons. The van der Waals surface area contributed by atoms with E-state index in [4.69, 9.17) is 5.73 Å². The molecule has 0 aliphatic carbocycles. The van der Waals surface area contributed by atoms with Gasteiger partial charge in [0, 0.05) is 12.5 Å². The Morgan fingerprint density at radius 1 is 1.26 bits per heavy atom. The zero-order valence-corrected chi connectivity index (χ0v) is 12.3. The first-order valence-corrected chi connectivity index (χ1v) is 6.87. The van der Waals surface area contributed by atoms with E-state index in [1.165, 1.54) is 24.4 Å². The summed E-state index contributed by atoms with van der Waals surface area (Å²) in [7, 11) is 0. The highest BCUT2D eigenvalue weighted by Gasteiger charge is 2.16. The Bertz CT molecular complexity index is 733. The Labute approximate surface area is 131 Å². The van der Waals surface area contributed by atoms with Crippen molar-refractivity contribution < 1.29 is 18.4 Å². The van der Waals surface area contributed by atoms with Crippen LogP contribution in [0.4, 0.5) is 14.5 Å². The summed E-state index contributed by atoms with van der Waals surface area (Å²) in [4.78, 5) is 26.7. The molecule has 2 amide bonds. The normalized spacial score (nSPS) is 11.8. The summed E-state index contributed by atoms with van der Waals surface area (Å²) in [5.41, 5.74) is 5.82. The highest BCUT2D eigenvalue weighted by atomic mass is 19.1. The van der Waals surface area contributed by atoms with Crippen LogP contribution in [0.25, 0.3) is 0 Å². The smallest absolute Gasteiger partial charge is 0.267 e. The summed E-state index contributed by atoms with van der Waals surface area (Å²) >= 11 is 0. The molecule has 3 N–H and O–H groups in total. The summed E-state index contributed by atoms with van der Waals surface area (Å²) in [6.07, 6.45) is 1.32. The number of nitrogens with one attached hydrogen (secondary N) is 1. The van der Waals surface area contributed by atoms with Gasteiger partial charge in [-0.1, -0.05) is 13.0 Å². The number of carbonyl (C=O) groups is 2. The second-order valence-electron chi connectivity index (χ2n) is 5.12. The molecule has 1 aromatic heterocycles. The Hall–Kier alpha value is -2.83. The molecule has 1 aromatic carbocycles. The van der Waals surface area contributed by atoms with E-state index in [0.717, 1.165) is 12.1 Å². The number of nitrogens with zero attached hydrogens (tertiary/aromatic N) is 1. The number of pyridine rings is 1. The van der Waals surface area contributed by atoms with Crippen molar-refractivity contribution in [3.63, 3.8) is 0 Å². The van der Waals surface area contributed by atoms with Crippen LogP contribution >= 0.6 is 0 Å². The van der Waals surface area contributed by atoms with Crippen LogP contribution in [0.3, 0.4) is 0 Å². The van der Waals surface area contributed by atoms with E-state index in [0.29, 0.717) is 5.69 Å². The fourth-order valence-electron chi connectivity index (χ4n) is 2.11. The first kappa shape index (κ1) is 16.5. The topological polar surface area (TPSA) is 85.1 Å². The molecule has 0 unspecified atom stereocenters. The lowest BCUT2D eigenvalue weighted by molar-refractivity contribution is -0.116.